The molecule has 131 heavy (non-hydrogen) atoms. The molecule has 0 aliphatic carbocycles. The van der Waals surface area contributed by atoms with Crippen LogP contribution in [0.5, 0.6) is 0 Å². The Morgan fingerprint density at radius 2 is 0.702 bits per heavy atom. The summed E-state index contributed by atoms with van der Waals surface area (Å²) >= 11 is 44.5. The number of nitrogens with one attached hydrogen (secondary N) is 4. The van der Waals surface area contributed by atoms with E-state index in [1.54, 1.807) is 153 Å². The van der Waals surface area contributed by atoms with E-state index in [0.29, 0.717) is 149 Å². The number of carbonyl (C=O) groups excluding carboxylic acids is 4. The Labute approximate surface area is 796 Å². The van der Waals surface area contributed by atoms with Gasteiger partial charge >= 0.3 is 0 Å². The fourth-order valence-corrected chi connectivity index (χ4v) is 18.8. The summed E-state index contributed by atoms with van der Waals surface area (Å²) in [6, 6.07) is 65.0. The van der Waals surface area contributed by atoms with Crippen LogP contribution in [0.4, 0.5) is 39.8 Å². The SMILES string of the molecule is CC(C)CN(c1ccc(C(=O)Nc2ccc(Cl)c(-c3ccccn3)c2)c(Cl)c1)S(C)(=O)=O.CS(=O)(=O)N(CCN1CCOCC1)c1ccc(C(=O)Nc2ccc(Cl)c(-c3ccccn3)c2)c(Cl)c1.CS(=O)(=O)N(CCn1cccc1)c1ccc(C(=O)Nc2ccc(Cl)c(-c3ccccn3)c2)c(Cl)c1.Cc1cc(CS(C)(=O)=O)ccc1C(=O)Nc1ccc(Cl)c(-c2ccccn2)c1. The van der Waals surface area contributed by atoms with Gasteiger partial charge in [0, 0.05) is 133 Å². The standard InChI is InChI=1S/C25H26Cl2N4O4S.C25H22Cl2N4O3S.C23H23Cl2N3O3S.C21H19ClN2O3S/c1-36(33,34)31(11-10-30-12-14-35-15-13-30)19-6-7-20(23(27)17-19)25(32)29-18-5-8-22(26)21(16-18)24-4-2-3-9-28-24;1-35(33,34)31(15-14-30-12-4-5-13-30)19-8-9-20(23(27)17-19)25(32)29-18-7-10-22(26)21(16-18)24-6-2-3-11-28-24;1-15(2)14-28(32(3,30)31)17-8-9-18(21(25)13-17)23(29)27-16-7-10-20(24)19(12-16)22-6-4-5-11-26-22;1-14-11-15(13-28(2,26)27)6-8-17(14)21(25)24-16-7-9-19(22)18(12-16)20-5-3-4-10-23-20/h2-9,16-17H,10-15H2,1H3,(H,29,32);2-13,16-17H,14-15H2,1H3,(H,29,32);4-13,15H,14H2,1-3H3,(H,27,29);3-12H,13H2,1-2H3,(H,24,25). The second kappa shape index (κ2) is 45.7. The predicted octanol–water partition coefficient (Wildman–Crippen LogP) is 20.2. The van der Waals surface area contributed by atoms with Crippen LogP contribution in [0.2, 0.25) is 35.2 Å². The van der Waals surface area contributed by atoms with Gasteiger partial charge in [0.15, 0.2) is 9.84 Å². The highest BCUT2D eigenvalue weighted by Gasteiger charge is 2.27. The molecular formula is C94H90Cl7N13O13S4. The van der Waals surface area contributed by atoms with Crippen LogP contribution in [-0.4, -0.2) is 164 Å². The molecule has 0 saturated carbocycles. The molecule has 26 nitrogen and oxygen atoms in total. The Kier molecular flexibility index (Phi) is 34.9. The summed E-state index contributed by atoms with van der Waals surface area (Å²) in [6.45, 7) is 10.2. The average molecular weight is 1990 g/mol. The fourth-order valence-electron chi connectivity index (χ4n) is 13.5. The van der Waals surface area contributed by atoms with Gasteiger partial charge in [-0.15, -0.1) is 0 Å². The number of rotatable bonds is 28. The zero-order valence-electron chi connectivity index (χ0n) is 71.7. The van der Waals surface area contributed by atoms with Gasteiger partial charge < -0.3 is 30.6 Å². The third-order valence-corrected chi connectivity index (χ3v) is 26.4. The first kappa shape index (κ1) is 100. The maximum absolute atomic E-state index is 13.0. The zero-order valence-corrected chi connectivity index (χ0v) is 80.2. The molecule has 1 aliphatic rings. The van der Waals surface area contributed by atoms with Crippen molar-refractivity contribution in [3.05, 3.63) is 336 Å². The van der Waals surface area contributed by atoms with Crippen LogP contribution in [0.15, 0.2) is 268 Å². The van der Waals surface area contributed by atoms with Crippen molar-refractivity contribution >= 4 is 185 Å². The third kappa shape index (κ3) is 28.8. The monoisotopic (exact) mass is 1980 g/mol. The maximum atomic E-state index is 13.0. The molecule has 6 heterocycles. The van der Waals surface area contributed by atoms with Crippen LogP contribution in [0.1, 0.15) is 66.4 Å². The molecule has 8 aromatic carbocycles. The minimum Gasteiger partial charge on any atom is -0.379 e. The number of nitrogens with zero attached hydrogens (tertiary/aromatic N) is 9. The Morgan fingerprint density at radius 1 is 0.382 bits per heavy atom. The molecule has 682 valence electrons. The summed E-state index contributed by atoms with van der Waals surface area (Å²) in [5.74, 6) is -1.51. The summed E-state index contributed by atoms with van der Waals surface area (Å²) in [5.41, 5.74) is 11.4. The van der Waals surface area contributed by atoms with E-state index < -0.39 is 57.6 Å². The number of hydrogen-bond acceptors (Lipinski definition) is 18. The lowest BCUT2D eigenvalue weighted by Gasteiger charge is -2.30. The van der Waals surface area contributed by atoms with Crippen LogP contribution < -0.4 is 34.2 Å². The molecule has 14 rings (SSSR count). The zero-order chi connectivity index (χ0) is 94.5. The van der Waals surface area contributed by atoms with Gasteiger partial charge in [-0.05, 0) is 218 Å². The summed E-state index contributed by atoms with van der Waals surface area (Å²) in [4.78, 5) is 70.8. The number of aromatic nitrogens is 5. The first-order chi connectivity index (χ1) is 62.2. The number of pyridine rings is 4. The van der Waals surface area contributed by atoms with E-state index in [-0.39, 0.29) is 62.4 Å². The highest BCUT2D eigenvalue weighted by molar-refractivity contribution is 7.92. The number of anilines is 7. The molecule has 0 unspecified atom stereocenters. The molecule has 13 aromatic rings. The number of sulfone groups is 1. The molecule has 0 radical (unpaired) electrons. The number of aryl methyl sites for hydroxylation is 1. The maximum Gasteiger partial charge on any atom is 0.257 e. The van der Waals surface area contributed by atoms with Crippen LogP contribution in [0.3, 0.4) is 0 Å². The van der Waals surface area contributed by atoms with Gasteiger partial charge in [-0.2, -0.15) is 0 Å². The molecule has 1 aliphatic heterocycles. The van der Waals surface area contributed by atoms with Gasteiger partial charge in [-0.1, -0.05) is 131 Å². The van der Waals surface area contributed by atoms with Crippen molar-refractivity contribution in [2.45, 2.75) is 33.1 Å². The lowest BCUT2D eigenvalue weighted by molar-refractivity contribution is 0.0395. The number of benzene rings is 8. The number of halogens is 7. The van der Waals surface area contributed by atoms with Crippen LogP contribution in [0, 0.1) is 12.8 Å². The van der Waals surface area contributed by atoms with E-state index in [0.717, 1.165) is 37.4 Å². The first-order valence-electron chi connectivity index (χ1n) is 40.3. The normalized spacial score (nSPS) is 12.2. The molecule has 1 fully saturated rings. The molecule has 5 aromatic heterocycles. The average Bonchev–Trinajstić information content (AvgIpc) is 1.73. The summed E-state index contributed by atoms with van der Waals surface area (Å²) in [7, 11) is -13.7. The molecule has 1 saturated heterocycles. The molecule has 0 spiro atoms. The van der Waals surface area contributed by atoms with E-state index in [1.165, 1.54) is 55.6 Å². The van der Waals surface area contributed by atoms with Crippen molar-refractivity contribution in [3.63, 3.8) is 0 Å². The molecule has 0 bridgehead atoms. The molecule has 4 N–H and O–H groups in total. The van der Waals surface area contributed by atoms with Crippen molar-refractivity contribution in [2.24, 2.45) is 5.92 Å². The lowest BCUT2D eigenvalue weighted by atomic mass is 10.0. The summed E-state index contributed by atoms with van der Waals surface area (Å²) in [6.07, 6.45) is 15.0. The molecular weight excluding hydrogens is 1900 g/mol. The minimum absolute atomic E-state index is 0.0552. The number of morpholine rings is 1. The van der Waals surface area contributed by atoms with Crippen molar-refractivity contribution in [1.29, 1.82) is 0 Å². The van der Waals surface area contributed by atoms with Gasteiger partial charge in [-0.3, -0.25) is 56.9 Å². The predicted molar refractivity (Wildman–Crippen MR) is 528 cm³/mol. The lowest BCUT2D eigenvalue weighted by Crippen LogP contribution is -2.43. The van der Waals surface area contributed by atoms with E-state index >= 15 is 0 Å². The largest absolute Gasteiger partial charge is 0.379 e. The van der Waals surface area contributed by atoms with Gasteiger partial charge in [0.05, 0.1) is 136 Å². The number of amides is 4. The number of hydrogen-bond donors (Lipinski definition) is 4. The van der Waals surface area contributed by atoms with Crippen molar-refractivity contribution in [3.8, 4) is 45.0 Å². The molecule has 37 heteroatoms. The summed E-state index contributed by atoms with van der Waals surface area (Å²) in [5, 5.41) is 13.8. The Bertz CT molecular complexity index is 6750. The van der Waals surface area contributed by atoms with Crippen LogP contribution in [-0.2, 0) is 56.9 Å². The van der Waals surface area contributed by atoms with E-state index in [9.17, 15) is 52.8 Å². The Hall–Kier alpha value is -11.3. The highest BCUT2D eigenvalue weighted by Crippen LogP contribution is 2.37. The van der Waals surface area contributed by atoms with Gasteiger partial charge in [0.25, 0.3) is 23.6 Å². The highest BCUT2D eigenvalue weighted by atomic mass is 35.5. The second-order valence-electron chi connectivity index (χ2n) is 30.4. The second-order valence-corrected chi connectivity index (χ2v) is 41.1. The molecule has 0 atom stereocenters. The van der Waals surface area contributed by atoms with Gasteiger partial charge in [0.2, 0.25) is 30.1 Å². The third-order valence-electron chi connectivity index (χ3n) is 19.8. The summed E-state index contributed by atoms with van der Waals surface area (Å²) < 4.78 is 108. The van der Waals surface area contributed by atoms with Crippen LogP contribution >= 0.6 is 81.2 Å². The van der Waals surface area contributed by atoms with Crippen molar-refractivity contribution in [2.75, 3.05) is 112 Å². The topological polar surface area (TPSA) is 332 Å². The number of sulfonamides is 3. The van der Waals surface area contributed by atoms with Gasteiger partial charge in [-0.25, -0.2) is 33.7 Å². The number of ether oxygens (including phenoxy) is 1. The van der Waals surface area contributed by atoms with E-state index in [1.807, 2.05) is 104 Å². The Morgan fingerprint density at radius 3 is 1.00 bits per heavy atom. The number of carbonyl (C=O) groups is 4. The van der Waals surface area contributed by atoms with E-state index in [4.69, 9.17) is 85.9 Å². The Balaban J connectivity index is 0.000000169. The first-order valence-corrected chi connectivity index (χ1v) is 50.6. The van der Waals surface area contributed by atoms with E-state index in [2.05, 4.69) is 46.1 Å². The van der Waals surface area contributed by atoms with Crippen molar-refractivity contribution < 1.29 is 57.6 Å². The quantitative estimate of drug-likeness (QED) is 0.0354. The molecule has 4 amide bonds. The van der Waals surface area contributed by atoms with Crippen LogP contribution in [0.25, 0.3) is 45.0 Å². The minimum atomic E-state index is -3.56. The van der Waals surface area contributed by atoms with Gasteiger partial charge in [0.1, 0.15) is 0 Å². The smallest absolute Gasteiger partial charge is 0.257 e. The van der Waals surface area contributed by atoms with Crippen molar-refractivity contribution in [1.82, 2.24) is 29.4 Å². The fraction of sp³-hybridized carbons (Fsp3) is 0.191.